The van der Waals surface area contributed by atoms with Crippen molar-refractivity contribution in [2.75, 3.05) is 0 Å². The molecule has 0 bridgehead atoms. The molecule has 0 saturated carbocycles. The van der Waals surface area contributed by atoms with Gasteiger partial charge in [-0.15, -0.1) is 0 Å². The predicted molar refractivity (Wildman–Crippen MR) is 29.1 cm³/mol. The number of nitrogens with one attached hydrogen (secondary N) is 1. The van der Waals surface area contributed by atoms with Crippen molar-refractivity contribution in [1.82, 2.24) is 0 Å². The van der Waals surface area contributed by atoms with Gasteiger partial charge >= 0.3 is 22.6 Å². The summed E-state index contributed by atoms with van der Waals surface area (Å²) >= 11 is 0. The lowest BCUT2D eigenvalue weighted by molar-refractivity contribution is 0.127. The Balaban J connectivity index is 4.25. The van der Waals surface area contributed by atoms with Crippen molar-refractivity contribution in [3.8, 4) is 0 Å². The fraction of sp³-hybridized carbons (Fsp3) is 0. The molecule has 0 radical (unpaired) electrons. The molecule has 0 spiro atoms. The molecule has 0 aromatic heterocycles. The Morgan fingerprint density at radius 3 is 1.64 bits per heavy atom. The van der Waals surface area contributed by atoms with Gasteiger partial charge in [-0.05, 0) is 0 Å². The lowest BCUT2D eigenvalue weighted by Crippen LogP contribution is -2.15. The highest BCUT2D eigenvalue weighted by Crippen LogP contribution is 1.97. The van der Waals surface area contributed by atoms with Crippen LogP contribution in [0, 0.1) is 4.78 Å². The van der Waals surface area contributed by atoms with Gasteiger partial charge in [-0.1, -0.05) is 0 Å². The van der Waals surface area contributed by atoms with Crippen LogP contribution < -0.4 is 0 Å². The molecule has 0 rings (SSSR count). The van der Waals surface area contributed by atoms with E-state index in [1.807, 2.05) is 0 Å². The van der Waals surface area contributed by atoms with Crippen molar-refractivity contribution >= 4 is 22.6 Å². The zero-order valence-electron chi connectivity index (χ0n) is 4.84. The molecule has 8 nitrogen and oxygen atoms in total. The zero-order chi connectivity index (χ0) is 9.07. The number of rotatable bonds is 2. The highest BCUT2D eigenvalue weighted by Gasteiger charge is 2.16. The fourth-order valence-corrected chi connectivity index (χ4v) is 0.614. The summed E-state index contributed by atoms with van der Waals surface area (Å²) in [7, 11) is -4.48. The van der Waals surface area contributed by atoms with Crippen LogP contribution in [0.25, 0.3) is 0 Å². The van der Waals surface area contributed by atoms with Crippen molar-refractivity contribution < 1.29 is 32.4 Å². The van der Waals surface area contributed by atoms with E-state index in [-0.39, 0.29) is 0 Å². The third-order valence-electron chi connectivity index (χ3n) is 0.362. The fourth-order valence-electron chi connectivity index (χ4n) is 0.205. The molecular weight excluding hydrogens is 182 g/mol. The van der Waals surface area contributed by atoms with E-state index in [4.69, 9.17) is 15.0 Å². The number of hydrogen-bond donors (Lipinski definition) is 3. The monoisotopic (exact) mass is 185 g/mol. The van der Waals surface area contributed by atoms with E-state index < -0.39 is 22.6 Å². The van der Waals surface area contributed by atoms with Crippen molar-refractivity contribution in [2.45, 2.75) is 0 Å². The summed E-state index contributed by atoms with van der Waals surface area (Å²) in [5, 5.41) is 15.5. The van der Waals surface area contributed by atoms with E-state index >= 15 is 0 Å². The summed E-state index contributed by atoms with van der Waals surface area (Å²) in [6.45, 7) is 0. The van der Waals surface area contributed by atoms with E-state index in [9.17, 15) is 13.8 Å². The molecule has 9 heteroatoms. The molecule has 0 aliphatic rings. The van der Waals surface area contributed by atoms with Gasteiger partial charge in [0.2, 0.25) is 0 Å². The van der Waals surface area contributed by atoms with Gasteiger partial charge in [-0.2, -0.15) is 8.99 Å². The molecule has 3 N–H and O–H groups in total. The highest BCUT2D eigenvalue weighted by atomic mass is 32.2. The number of carbonyl (C=O) groups is 2. The van der Waals surface area contributed by atoms with Crippen molar-refractivity contribution in [3.63, 3.8) is 0 Å². The molecule has 0 aliphatic carbocycles. The Morgan fingerprint density at radius 2 is 1.45 bits per heavy atom. The second-order valence-corrected chi connectivity index (χ2v) is 2.39. The van der Waals surface area contributed by atoms with Crippen LogP contribution >= 0.6 is 0 Å². The Morgan fingerprint density at radius 1 is 1.18 bits per heavy atom. The predicted octanol–water partition coefficient (Wildman–Crippen LogP) is 0.252. The van der Waals surface area contributed by atoms with Crippen LogP contribution in [0.15, 0.2) is 0 Å². The molecule has 0 saturated heterocycles. The zero-order valence-corrected chi connectivity index (χ0v) is 5.66. The second kappa shape index (κ2) is 3.05. The van der Waals surface area contributed by atoms with E-state index in [0.29, 0.717) is 0 Å². The minimum Gasteiger partial charge on any atom is -0.449 e. The Bertz CT molecular complexity index is 242. The van der Waals surface area contributed by atoms with Crippen molar-refractivity contribution in [1.29, 1.82) is 4.78 Å². The van der Waals surface area contributed by atoms with Crippen LogP contribution in [-0.4, -0.2) is 26.7 Å². The molecule has 0 aliphatic heterocycles. The van der Waals surface area contributed by atoms with Gasteiger partial charge in [0, 0.05) is 0 Å². The molecule has 0 amide bonds. The van der Waals surface area contributed by atoms with Gasteiger partial charge < -0.3 is 10.2 Å². The van der Waals surface area contributed by atoms with Crippen molar-refractivity contribution in [3.05, 3.63) is 0 Å². The Labute approximate surface area is 60.7 Å². The average molecular weight is 185 g/mol. The summed E-state index contributed by atoms with van der Waals surface area (Å²) in [6.07, 6.45) is -4.10. The first-order valence-corrected chi connectivity index (χ1v) is 3.38. The minimum absolute atomic E-state index is 2.05. The van der Waals surface area contributed by atoms with Crippen LogP contribution in [0.5, 0.6) is 0 Å². The highest BCUT2D eigenvalue weighted by molar-refractivity contribution is 7.83. The molecule has 0 aromatic carbocycles. The molecule has 64 valence electrons. The summed E-state index contributed by atoms with van der Waals surface area (Å²) < 4.78 is 23.1. The molecule has 11 heavy (non-hydrogen) atoms. The first-order chi connectivity index (χ1) is 4.83. The summed E-state index contributed by atoms with van der Waals surface area (Å²) in [5.41, 5.74) is 0. The van der Waals surface area contributed by atoms with Crippen LogP contribution in [-0.2, 0) is 18.7 Å². The maximum absolute atomic E-state index is 10.3. The van der Waals surface area contributed by atoms with E-state index in [1.54, 1.807) is 0 Å². The second-order valence-electron chi connectivity index (χ2n) is 1.15. The maximum Gasteiger partial charge on any atom is 0.522 e. The third kappa shape index (κ3) is 4.96. The summed E-state index contributed by atoms with van der Waals surface area (Å²) in [5.74, 6) is 0. The SMILES string of the molecule is N=S(=O)(OC(=O)O)OC(=O)O. The lowest BCUT2D eigenvalue weighted by atomic mass is 11.5. The van der Waals surface area contributed by atoms with Crippen molar-refractivity contribution in [2.24, 2.45) is 0 Å². The average Bonchev–Trinajstić information content (AvgIpc) is 1.53. The maximum atomic E-state index is 10.3. The first kappa shape index (κ1) is 9.49. The van der Waals surface area contributed by atoms with E-state index in [2.05, 4.69) is 8.37 Å². The summed E-state index contributed by atoms with van der Waals surface area (Å²) in [6, 6.07) is 0. The van der Waals surface area contributed by atoms with Gasteiger partial charge in [0.25, 0.3) is 0 Å². The van der Waals surface area contributed by atoms with E-state index in [1.165, 1.54) is 0 Å². The molecule has 0 atom stereocenters. The topological polar surface area (TPSA) is 134 Å². The quantitative estimate of drug-likeness (QED) is 0.561. The molecule has 0 aromatic rings. The Kier molecular flexibility index (Phi) is 2.63. The summed E-state index contributed by atoms with van der Waals surface area (Å²) in [4.78, 5) is 19.2. The van der Waals surface area contributed by atoms with Gasteiger partial charge in [-0.25, -0.2) is 9.59 Å². The van der Waals surface area contributed by atoms with Gasteiger partial charge in [0.1, 0.15) is 0 Å². The van der Waals surface area contributed by atoms with Gasteiger partial charge in [0.15, 0.2) is 0 Å². The molecule has 0 fully saturated rings. The number of carboxylic acid groups (broad SMARTS) is 2. The smallest absolute Gasteiger partial charge is 0.449 e. The van der Waals surface area contributed by atoms with Gasteiger partial charge in [0.05, 0.1) is 0 Å². The number of hydrogen-bond acceptors (Lipinski definition) is 6. The molecule has 0 unspecified atom stereocenters. The van der Waals surface area contributed by atoms with Crippen LogP contribution in [0.4, 0.5) is 9.59 Å². The Hall–Kier alpha value is -1.51. The lowest BCUT2D eigenvalue weighted by Gasteiger charge is -2.00. The standard InChI is InChI=1S/C2H3NO7S/c3-11(8,9-1(4)5)10-2(6)7/h3H,(H,4,5)(H,6,7). The normalized spacial score (nSPS) is 10.2. The van der Waals surface area contributed by atoms with Crippen LogP contribution in [0.2, 0.25) is 0 Å². The first-order valence-electron chi connectivity index (χ1n) is 1.97. The van der Waals surface area contributed by atoms with Gasteiger partial charge in [-0.3, -0.25) is 8.37 Å². The van der Waals surface area contributed by atoms with E-state index in [0.717, 1.165) is 0 Å². The third-order valence-corrected chi connectivity index (χ3v) is 1.09. The van der Waals surface area contributed by atoms with Crippen LogP contribution in [0.1, 0.15) is 0 Å². The van der Waals surface area contributed by atoms with Crippen LogP contribution in [0.3, 0.4) is 0 Å². The largest absolute Gasteiger partial charge is 0.522 e. The minimum atomic E-state index is -4.48. The molecular formula is C2H3NO7S. The molecule has 0 heterocycles.